The standard InChI is InChI=1S/2C4H8O2.2C3H6O2/c1-3-4(5)6-2;1-3-6-4(2)5;2*1-3(4)5-2/h2*3H2,1-2H3;2*1-2H3. The van der Waals surface area contributed by atoms with E-state index in [2.05, 4.69) is 18.9 Å². The molecule has 0 rings (SSSR count). The van der Waals surface area contributed by atoms with Crippen molar-refractivity contribution in [2.75, 3.05) is 27.9 Å². The number of hydrogen-bond donors (Lipinski definition) is 0. The fourth-order valence-electron chi connectivity index (χ4n) is 0.348. The summed E-state index contributed by atoms with van der Waals surface area (Å²) in [5.74, 6) is -0.859. The van der Waals surface area contributed by atoms with Gasteiger partial charge in [0, 0.05) is 27.2 Å². The van der Waals surface area contributed by atoms with E-state index in [9.17, 15) is 19.2 Å². The van der Waals surface area contributed by atoms with Crippen LogP contribution < -0.4 is 0 Å². The Morgan fingerprint density at radius 1 is 0.682 bits per heavy atom. The summed E-state index contributed by atoms with van der Waals surface area (Å²) in [7, 11) is 4.08. The Kier molecular flexibility index (Phi) is 30.6. The van der Waals surface area contributed by atoms with Crippen LogP contribution >= 0.6 is 0 Å². The van der Waals surface area contributed by atoms with Crippen molar-refractivity contribution >= 4 is 23.9 Å². The molecule has 0 saturated carbocycles. The topological polar surface area (TPSA) is 105 Å². The first-order valence-corrected chi connectivity index (χ1v) is 6.41. The molecule has 132 valence electrons. The first-order chi connectivity index (χ1) is 10.1. The fourth-order valence-corrected chi connectivity index (χ4v) is 0.348. The third-order valence-electron chi connectivity index (χ3n) is 1.44. The highest BCUT2D eigenvalue weighted by Gasteiger charge is 1.87. The monoisotopic (exact) mass is 324 g/mol. The zero-order chi connectivity index (χ0) is 18.6. The van der Waals surface area contributed by atoms with Gasteiger partial charge in [-0.1, -0.05) is 6.92 Å². The van der Waals surface area contributed by atoms with Crippen molar-refractivity contribution in [2.24, 2.45) is 0 Å². The highest BCUT2D eigenvalue weighted by Crippen LogP contribution is 1.76. The van der Waals surface area contributed by atoms with Crippen LogP contribution in [0.5, 0.6) is 0 Å². The second-order valence-electron chi connectivity index (χ2n) is 3.25. The van der Waals surface area contributed by atoms with Crippen molar-refractivity contribution in [3.8, 4) is 0 Å². The SMILES string of the molecule is CCC(=O)OC.CCOC(C)=O.COC(C)=O.COC(C)=O. The third kappa shape index (κ3) is 64.6. The lowest BCUT2D eigenvalue weighted by Crippen LogP contribution is -1.95. The number of rotatable bonds is 2. The van der Waals surface area contributed by atoms with Crippen molar-refractivity contribution in [3.05, 3.63) is 0 Å². The maximum absolute atomic E-state index is 9.96. The Balaban J connectivity index is -0.0000000986. The van der Waals surface area contributed by atoms with E-state index in [1.165, 1.54) is 42.1 Å². The molecule has 0 aromatic heterocycles. The number of hydrogen-bond acceptors (Lipinski definition) is 8. The molecule has 0 radical (unpaired) electrons. The van der Waals surface area contributed by atoms with Gasteiger partial charge in [-0.15, -0.1) is 0 Å². The second kappa shape index (κ2) is 23.9. The van der Waals surface area contributed by atoms with Gasteiger partial charge in [-0.25, -0.2) is 0 Å². The molecule has 0 amide bonds. The summed E-state index contributed by atoms with van der Waals surface area (Å²) in [6, 6.07) is 0. The predicted octanol–water partition coefficient (Wildman–Crippen LogP) is 1.50. The van der Waals surface area contributed by atoms with Crippen molar-refractivity contribution in [1.29, 1.82) is 0 Å². The molecule has 0 aromatic carbocycles. The zero-order valence-corrected chi connectivity index (χ0v) is 14.7. The third-order valence-corrected chi connectivity index (χ3v) is 1.44. The van der Waals surface area contributed by atoms with Gasteiger partial charge in [0.1, 0.15) is 0 Å². The van der Waals surface area contributed by atoms with E-state index in [4.69, 9.17) is 0 Å². The van der Waals surface area contributed by atoms with Gasteiger partial charge in [-0.3, -0.25) is 19.2 Å². The maximum atomic E-state index is 9.96. The summed E-state index contributed by atoms with van der Waals surface area (Å²) in [6.07, 6.45) is 0.469. The van der Waals surface area contributed by atoms with Crippen molar-refractivity contribution in [1.82, 2.24) is 0 Å². The van der Waals surface area contributed by atoms with Crippen LogP contribution in [0.25, 0.3) is 0 Å². The summed E-state index contributed by atoms with van der Waals surface area (Å²) >= 11 is 0. The lowest BCUT2D eigenvalue weighted by atomic mass is 10.5. The number of methoxy groups -OCH3 is 3. The Labute approximate surface area is 132 Å². The molecule has 0 N–H and O–H groups in total. The van der Waals surface area contributed by atoms with E-state index in [1.807, 2.05) is 0 Å². The zero-order valence-electron chi connectivity index (χ0n) is 14.7. The molecule has 0 unspecified atom stereocenters. The minimum absolute atomic E-state index is 0.157. The summed E-state index contributed by atoms with van der Waals surface area (Å²) in [5, 5.41) is 0. The van der Waals surface area contributed by atoms with Gasteiger partial charge in [0.15, 0.2) is 0 Å². The molecule has 0 fully saturated rings. The van der Waals surface area contributed by atoms with Crippen molar-refractivity contribution in [2.45, 2.75) is 41.0 Å². The molecule has 0 atom stereocenters. The second-order valence-corrected chi connectivity index (χ2v) is 3.25. The number of carbonyl (C=O) groups excluding carboxylic acids is 4. The number of ether oxygens (including phenoxy) is 4. The van der Waals surface area contributed by atoms with E-state index in [1.54, 1.807) is 13.8 Å². The van der Waals surface area contributed by atoms with Gasteiger partial charge >= 0.3 is 23.9 Å². The summed E-state index contributed by atoms with van der Waals surface area (Å²) < 4.78 is 16.9. The van der Waals surface area contributed by atoms with Crippen LogP contribution in [-0.2, 0) is 38.1 Å². The van der Waals surface area contributed by atoms with Crippen LogP contribution in [0.1, 0.15) is 41.0 Å². The Bertz CT molecular complexity index is 279. The Morgan fingerprint density at radius 3 is 1.00 bits per heavy atom. The highest BCUT2D eigenvalue weighted by atomic mass is 16.5. The van der Waals surface area contributed by atoms with Gasteiger partial charge in [-0.05, 0) is 6.92 Å². The molecule has 22 heavy (non-hydrogen) atoms. The summed E-state index contributed by atoms with van der Waals surface area (Å²) in [5.41, 5.74) is 0. The maximum Gasteiger partial charge on any atom is 0.305 e. The molecule has 0 saturated heterocycles. The molecule has 0 aromatic rings. The molecular formula is C14H28O8. The normalized spacial score (nSPS) is 7.27. The van der Waals surface area contributed by atoms with Gasteiger partial charge in [0.25, 0.3) is 0 Å². The number of esters is 4. The van der Waals surface area contributed by atoms with E-state index in [0.29, 0.717) is 13.0 Å². The molecular weight excluding hydrogens is 296 g/mol. The van der Waals surface area contributed by atoms with Crippen LogP contribution in [-0.4, -0.2) is 51.8 Å². The highest BCUT2D eigenvalue weighted by molar-refractivity contribution is 5.68. The lowest BCUT2D eigenvalue weighted by Gasteiger charge is -1.89. The molecule has 8 nitrogen and oxygen atoms in total. The van der Waals surface area contributed by atoms with Crippen molar-refractivity contribution in [3.63, 3.8) is 0 Å². The Morgan fingerprint density at radius 2 is 1.00 bits per heavy atom. The van der Waals surface area contributed by atoms with Gasteiger partial charge in [-0.2, -0.15) is 0 Å². The quantitative estimate of drug-likeness (QED) is 0.556. The van der Waals surface area contributed by atoms with E-state index in [-0.39, 0.29) is 23.9 Å². The van der Waals surface area contributed by atoms with Crippen LogP contribution in [0.3, 0.4) is 0 Å². The van der Waals surface area contributed by atoms with Crippen molar-refractivity contribution < 1.29 is 38.1 Å². The molecule has 0 aliphatic heterocycles. The first-order valence-electron chi connectivity index (χ1n) is 6.41. The van der Waals surface area contributed by atoms with Crippen LogP contribution in [0, 0.1) is 0 Å². The molecule has 8 heteroatoms. The molecule has 0 aliphatic rings. The Hall–Kier alpha value is -2.12. The summed E-state index contributed by atoms with van der Waals surface area (Å²) in [6.45, 7) is 8.13. The average molecular weight is 324 g/mol. The van der Waals surface area contributed by atoms with E-state index >= 15 is 0 Å². The first kappa shape index (κ1) is 28.1. The van der Waals surface area contributed by atoms with Gasteiger partial charge < -0.3 is 18.9 Å². The lowest BCUT2D eigenvalue weighted by molar-refractivity contribution is -0.141. The van der Waals surface area contributed by atoms with Gasteiger partial charge in [0.2, 0.25) is 0 Å². The summed E-state index contributed by atoms with van der Waals surface area (Å²) in [4.78, 5) is 39.0. The molecule has 0 spiro atoms. The minimum atomic E-state index is -0.245. The smallest absolute Gasteiger partial charge is 0.305 e. The van der Waals surface area contributed by atoms with E-state index < -0.39 is 0 Å². The predicted molar refractivity (Wildman–Crippen MR) is 80.0 cm³/mol. The molecule has 0 heterocycles. The van der Waals surface area contributed by atoms with Crippen LogP contribution in [0.4, 0.5) is 0 Å². The molecule has 0 bridgehead atoms. The average Bonchev–Trinajstić information content (AvgIpc) is 2.47. The van der Waals surface area contributed by atoms with Crippen LogP contribution in [0.15, 0.2) is 0 Å². The molecule has 0 aliphatic carbocycles. The fraction of sp³-hybridized carbons (Fsp3) is 0.714. The number of carbonyl (C=O) groups is 4. The van der Waals surface area contributed by atoms with Crippen LogP contribution in [0.2, 0.25) is 0 Å². The minimum Gasteiger partial charge on any atom is -0.469 e. The van der Waals surface area contributed by atoms with E-state index in [0.717, 1.165) is 0 Å². The largest absolute Gasteiger partial charge is 0.469 e. The van der Waals surface area contributed by atoms with Gasteiger partial charge in [0.05, 0.1) is 27.9 Å².